The molecule has 2 aliphatic rings. The lowest BCUT2D eigenvalue weighted by molar-refractivity contribution is -0.143. The predicted molar refractivity (Wildman–Crippen MR) is 147 cm³/mol. The van der Waals surface area contributed by atoms with Crippen LogP contribution < -0.4 is 9.92 Å². The third-order valence-electron chi connectivity index (χ3n) is 6.73. The summed E-state index contributed by atoms with van der Waals surface area (Å²) in [6.07, 6.45) is 2.22. The molecule has 0 bridgehead atoms. The molecule has 3 heterocycles. The molecule has 2 unspecified atom stereocenters. The van der Waals surface area contributed by atoms with Gasteiger partial charge in [0.25, 0.3) is 0 Å². The van der Waals surface area contributed by atoms with E-state index in [1.165, 1.54) is 18.3 Å². The fourth-order valence-corrected chi connectivity index (χ4v) is 6.11. The van der Waals surface area contributed by atoms with Crippen LogP contribution in [0.25, 0.3) is 11.1 Å². The number of hydrogen-bond donors (Lipinski definition) is 1. The third kappa shape index (κ3) is 4.90. The fraction of sp³-hybridized carbons (Fsp3) is 0.286. The molecular weight excluding hydrogens is 537 g/mol. The van der Waals surface area contributed by atoms with Crippen LogP contribution in [0.15, 0.2) is 76.8 Å². The van der Waals surface area contributed by atoms with Crippen molar-refractivity contribution in [2.75, 3.05) is 13.1 Å². The van der Waals surface area contributed by atoms with Crippen LogP contribution in [0, 0.1) is 5.95 Å². The highest BCUT2D eigenvalue weighted by molar-refractivity contribution is 7.87. The van der Waals surface area contributed by atoms with Crippen molar-refractivity contribution in [1.29, 1.82) is 0 Å². The van der Waals surface area contributed by atoms with Crippen molar-refractivity contribution in [3.8, 4) is 16.9 Å². The van der Waals surface area contributed by atoms with Gasteiger partial charge in [0.05, 0.1) is 0 Å². The minimum atomic E-state index is -4.25. The highest BCUT2D eigenvalue weighted by Gasteiger charge is 2.49. The van der Waals surface area contributed by atoms with Gasteiger partial charge >= 0.3 is 16.1 Å². The first-order chi connectivity index (χ1) is 19.2. The molecule has 0 fully saturated rings. The summed E-state index contributed by atoms with van der Waals surface area (Å²) < 4.78 is 50.2. The van der Waals surface area contributed by atoms with E-state index in [0.29, 0.717) is 47.1 Å². The first-order valence-electron chi connectivity index (χ1n) is 12.8. The van der Waals surface area contributed by atoms with E-state index in [0.717, 1.165) is 13.3 Å². The number of aliphatic imine (C=N–C) groups is 2. The smallest absolute Gasteiger partial charge is 0.348 e. The number of amidine groups is 1. The second kappa shape index (κ2) is 10.7. The average Bonchev–Trinajstić information content (AvgIpc) is 3.25. The Kier molecular flexibility index (Phi) is 7.28. The van der Waals surface area contributed by atoms with Crippen LogP contribution in [0.1, 0.15) is 37.8 Å². The molecule has 3 aromatic rings. The molecule has 5 rings (SSSR count). The standard InChI is InChI=1S/C28H28FN5O5S/c1-3-24(38-18(2)35)40(36,37)39-22-12-10-20(11-13-22)28(26-32-15-6-16-34(26)27(30)33-28)21-8-4-7-19(17-21)23-9-5-14-31-25(23)29/h4-5,7-14,17,24H,3,6,15-16H2,1-2H3,(H2,30,33). The molecule has 1 aromatic heterocycles. The molecule has 2 N–H and O–H groups in total. The number of fused-ring (bicyclic) bond motifs is 1. The Morgan fingerprint density at radius 2 is 1.93 bits per heavy atom. The van der Waals surface area contributed by atoms with Gasteiger partial charge in [-0.25, -0.2) is 9.98 Å². The van der Waals surface area contributed by atoms with Crippen LogP contribution in [0.2, 0.25) is 0 Å². The van der Waals surface area contributed by atoms with Crippen molar-refractivity contribution in [1.82, 2.24) is 9.88 Å². The highest BCUT2D eigenvalue weighted by Crippen LogP contribution is 2.43. The summed E-state index contributed by atoms with van der Waals surface area (Å²) in [7, 11) is -4.25. The number of carbonyl (C=O) groups excluding carboxylic acids is 1. The molecule has 12 heteroatoms. The Balaban J connectivity index is 1.58. The SMILES string of the molecule is CCC(OC(C)=O)S(=O)(=O)Oc1ccc(C2(c3cccc(-c4cccnc4F)c3)N=C(N)N3CCCN=C32)cc1. The zero-order valence-electron chi connectivity index (χ0n) is 22.0. The van der Waals surface area contributed by atoms with Crippen molar-refractivity contribution < 1.29 is 26.5 Å². The maximum atomic E-state index is 14.6. The number of nitrogens with two attached hydrogens (primary N) is 1. The maximum Gasteiger partial charge on any atom is 0.348 e. The molecule has 208 valence electrons. The zero-order valence-corrected chi connectivity index (χ0v) is 22.8. The van der Waals surface area contributed by atoms with Gasteiger partial charge in [-0.1, -0.05) is 37.3 Å². The molecule has 0 amide bonds. The topological polar surface area (TPSA) is 137 Å². The highest BCUT2D eigenvalue weighted by atomic mass is 32.2. The number of rotatable bonds is 8. The summed E-state index contributed by atoms with van der Waals surface area (Å²) in [5.74, 6) is -0.359. The molecule has 0 saturated carbocycles. The van der Waals surface area contributed by atoms with E-state index >= 15 is 0 Å². The molecule has 0 saturated heterocycles. The fourth-order valence-electron chi connectivity index (χ4n) is 4.96. The van der Waals surface area contributed by atoms with Crippen LogP contribution in [-0.4, -0.2) is 54.6 Å². The van der Waals surface area contributed by atoms with Crippen LogP contribution in [0.4, 0.5) is 4.39 Å². The summed E-state index contributed by atoms with van der Waals surface area (Å²) in [6, 6.07) is 17.0. The Bertz CT molecular complexity index is 1610. The summed E-state index contributed by atoms with van der Waals surface area (Å²) in [6.45, 7) is 3.93. The second-order valence-electron chi connectivity index (χ2n) is 9.36. The van der Waals surface area contributed by atoms with E-state index in [2.05, 4.69) is 4.98 Å². The van der Waals surface area contributed by atoms with Crippen molar-refractivity contribution in [2.45, 2.75) is 37.7 Å². The normalized spacial score (nSPS) is 19.3. The van der Waals surface area contributed by atoms with Crippen LogP contribution in [-0.2, 0) is 25.2 Å². The quantitative estimate of drug-likeness (QED) is 0.249. The Morgan fingerprint density at radius 3 is 2.62 bits per heavy atom. The van der Waals surface area contributed by atoms with Crippen molar-refractivity contribution >= 4 is 27.9 Å². The molecule has 0 radical (unpaired) electrons. The van der Waals surface area contributed by atoms with Gasteiger partial charge in [0, 0.05) is 31.8 Å². The summed E-state index contributed by atoms with van der Waals surface area (Å²) >= 11 is 0. The molecule has 10 nitrogen and oxygen atoms in total. The number of nitrogens with zero attached hydrogens (tertiary/aromatic N) is 4. The Hall–Kier alpha value is -4.32. The van der Waals surface area contributed by atoms with Gasteiger partial charge in [-0.2, -0.15) is 12.8 Å². The number of ether oxygens (including phenoxy) is 1. The molecule has 0 spiro atoms. The summed E-state index contributed by atoms with van der Waals surface area (Å²) in [5, 5.41) is 0. The van der Waals surface area contributed by atoms with E-state index in [-0.39, 0.29) is 12.2 Å². The number of carbonyl (C=O) groups is 1. The van der Waals surface area contributed by atoms with E-state index in [1.54, 1.807) is 43.3 Å². The molecule has 2 aliphatic heterocycles. The van der Waals surface area contributed by atoms with Crippen molar-refractivity contribution in [2.24, 2.45) is 15.7 Å². The van der Waals surface area contributed by atoms with E-state index in [4.69, 9.17) is 24.6 Å². The lowest BCUT2D eigenvalue weighted by Gasteiger charge is -2.33. The molecule has 2 atom stereocenters. The van der Waals surface area contributed by atoms with Crippen molar-refractivity contribution in [3.05, 3.63) is 83.9 Å². The van der Waals surface area contributed by atoms with Gasteiger partial charge in [-0.05, 0) is 59.9 Å². The van der Waals surface area contributed by atoms with E-state index < -0.39 is 33.0 Å². The van der Waals surface area contributed by atoms with E-state index in [9.17, 15) is 17.6 Å². The minimum Gasteiger partial charge on any atom is -0.442 e. The van der Waals surface area contributed by atoms with Crippen LogP contribution >= 0.6 is 0 Å². The number of pyridine rings is 1. The first-order valence-corrected chi connectivity index (χ1v) is 14.2. The van der Waals surface area contributed by atoms with E-state index in [1.807, 2.05) is 17.0 Å². The lowest BCUT2D eigenvalue weighted by atomic mass is 9.81. The average molecular weight is 566 g/mol. The largest absolute Gasteiger partial charge is 0.442 e. The third-order valence-corrected chi connectivity index (χ3v) is 8.23. The summed E-state index contributed by atoms with van der Waals surface area (Å²) in [5.41, 5.74) is 6.08. The number of esters is 1. The van der Waals surface area contributed by atoms with Crippen LogP contribution in [0.5, 0.6) is 5.75 Å². The number of aromatic nitrogens is 1. The van der Waals surface area contributed by atoms with Gasteiger partial charge in [-0.3, -0.25) is 14.7 Å². The van der Waals surface area contributed by atoms with Gasteiger partial charge in [-0.15, -0.1) is 0 Å². The van der Waals surface area contributed by atoms with Crippen molar-refractivity contribution in [3.63, 3.8) is 0 Å². The van der Waals surface area contributed by atoms with Gasteiger partial charge in [0.15, 0.2) is 11.5 Å². The number of hydrogen-bond acceptors (Lipinski definition) is 10. The number of guanidine groups is 1. The summed E-state index contributed by atoms with van der Waals surface area (Å²) in [4.78, 5) is 26.7. The second-order valence-corrected chi connectivity index (χ2v) is 11.0. The first kappa shape index (κ1) is 27.3. The monoisotopic (exact) mass is 565 g/mol. The van der Waals surface area contributed by atoms with Gasteiger partial charge in [0.2, 0.25) is 11.4 Å². The molecule has 40 heavy (non-hydrogen) atoms. The molecular formula is C28H28FN5O5S. The maximum absolute atomic E-state index is 14.6. The van der Waals surface area contributed by atoms with Gasteiger partial charge < -0.3 is 14.7 Å². The molecule has 2 aromatic carbocycles. The molecule has 0 aliphatic carbocycles. The van der Waals surface area contributed by atoms with Gasteiger partial charge in [0.1, 0.15) is 11.6 Å². The Labute approximate surface area is 231 Å². The number of benzene rings is 2. The Morgan fingerprint density at radius 1 is 1.15 bits per heavy atom. The lowest BCUT2D eigenvalue weighted by Crippen LogP contribution is -2.46. The number of halogens is 1. The minimum absolute atomic E-state index is 0.0284. The predicted octanol–water partition coefficient (Wildman–Crippen LogP) is 3.57. The van der Waals surface area contributed by atoms with Crippen LogP contribution in [0.3, 0.4) is 0 Å². The zero-order chi connectivity index (χ0) is 28.5.